The maximum atomic E-state index is 11.9. The normalized spacial score (nSPS) is 22.5. The Balaban J connectivity index is 1.75. The number of aliphatic carboxylic acids is 1. The van der Waals surface area contributed by atoms with Crippen LogP contribution in [0.1, 0.15) is 9.75 Å². The highest BCUT2D eigenvalue weighted by Gasteiger charge is 2.51. The van der Waals surface area contributed by atoms with E-state index in [0.717, 1.165) is 9.75 Å². The van der Waals surface area contributed by atoms with Crippen molar-refractivity contribution in [1.29, 1.82) is 0 Å². The van der Waals surface area contributed by atoms with Gasteiger partial charge in [-0.3, -0.25) is 14.5 Å². The van der Waals surface area contributed by atoms with Crippen molar-refractivity contribution < 1.29 is 19.5 Å². The number of thioether (sulfide) groups is 1. The Labute approximate surface area is 157 Å². The number of hydrogen-bond acceptors (Lipinski definition) is 6. The van der Waals surface area contributed by atoms with Crippen LogP contribution in [0.2, 0.25) is 0 Å². The third-order valence-corrected chi connectivity index (χ3v) is 6.67. The Hall–Kier alpha value is -1.55. The summed E-state index contributed by atoms with van der Waals surface area (Å²) in [4.78, 5) is 38.0. The number of carbonyl (C=O) groups is 3. The molecule has 2 atom stereocenters. The minimum Gasteiger partial charge on any atom is -0.477 e. The molecule has 0 spiro atoms. The first-order valence-corrected chi connectivity index (χ1v) is 9.88. The van der Waals surface area contributed by atoms with Crippen LogP contribution in [0.25, 0.3) is 0 Å². The maximum absolute atomic E-state index is 11.9. The van der Waals surface area contributed by atoms with Crippen molar-refractivity contribution in [2.45, 2.75) is 24.4 Å². The molecule has 7 nitrogen and oxygen atoms in total. The molecule has 134 valence electrons. The second-order valence-electron chi connectivity index (χ2n) is 5.65. The van der Waals surface area contributed by atoms with Crippen molar-refractivity contribution in [3.63, 3.8) is 0 Å². The molecule has 0 saturated carbocycles. The van der Waals surface area contributed by atoms with E-state index in [4.69, 9.17) is 17.3 Å². The number of halogens is 1. The summed E-state index contributed by atoms with van der Waals surface area (Å²) in [6, 6.07) is 3.17. The molecule has 1 fully saturated rings. The molecule has 1 aromatic rings. The molecule has 2 aliphatic rings. The molecule has 3 rings (SSSR count). The van der Waals surface area contributed by atoms with E-state index in [1.54, 1.807) is 0 Å². The van der Waals surface area contributed by atoms with Crippen LogP contribution in [0.5, 0.6) is 0 Å². The number of nitrogens with zero attached hydrogens (tertiary/aromatic N) is 1. The largest absolute Gasteiger partial charge is 0.477 e. The summed E-state index contributed by atoms with van der Waals surface area (Å²) in [5.74, 6) is -1.25. The molecular formula is C15H16ClN3O4S2. The Morgan fingerprint density at radius 1 is 1.40 bits per heavy atom. The molecule has 4 N–H and O–H groups in total. The van der Waals surface area contributed by atoms with Gasteiger partial charge in [-0.15, -0.1) is 34.7 Å². The van der Waals surface area contributed by atoms with Crippen LogP contribution in [-0.2, 0) is 27.3 Å². The topological polar surface area (TPSA) is 113 Å². The van der Waals surface area contributed by atoms with Crippen LogP contribution in [0.3, 0.4) is 0 Å². The van der Waals surface area contributed by atoms with Crippen LogP contribution in [-0.4, -0.2) is 50.8 Å². The van der Waals surface area contributed by atoms with E-state index < -0.39 is 12.0 Å². The predicted octanol–water partition coefficient (Wildman–Crippen LogP) is 0.727. The van der Waals surface area contributed by atoms with Gasteiger partial charge < -0.3 is 16.2 Å². The Bertz CT molecular complexity index is 764. The second-order valence-corrected chi connectivity index (χ2v) is 8.27. The molecule has 3 heterocycles. The zero-order valence-corrected chi connectivity index (χ0v) is 15.4. The lowest BCUT2D eigenvalue weighted by molar-refractivity contribution is -0.148. The number of alkyl halides is 1. The van der Waals surface area contributed by atoms with Gasteiger partial charge in [0.05, 0.1) is 6.54 Å². The minimum atomic E-state index is -1.10. The van der Waals surface area contributed by atoms with Crippen LogP contribution >= 0.6 is 34.7 Å². The zero-order chi connectivity index (χ0) is 18.1. The van der Waals surface area contributed by atoms with Gasteiger partial charge in [-0.05, 0) is 17.7 Å². The number of rotatable bonds is 6. The third kappa shape index (κ3) is 3.55. The lowest BCUT2D eigenvalue weighted by Crippen LogP contribution is -2.68. The quantitative estimate of drug-likeness (QED) is 0.478. The van der Waals surface area contributed by atoms with E-state index in [1.165, 1.54) is 28.0 Å². The fourth-order valence-corrected chi connectivity index (χ4v) is 5.16. The van der Waals surface area contributed by atoms with E-state index in [9.17, 15) is 19.5 Å². The molecule has 1 saturated heterocycles. The van der Waals surface area contributed by atoms with Crippen LogP contribution in [0, 0.1) is 0 Å². The molecular weight excluding hydrogens is 386 g/mol. The fraction of sp³-hybridized carbons (Fsp3) is 0.400. The van der Waals surface area contributed by atoms with E-state index in [2.05, 4.69) is 5.32 Å². The van der Waals surface area contributed by atoms with E-state index in [0.29, 0.717) is 24.3 Å². The second kappa shape index (κ2) is 7.36. The maximum Gasteiger partial charge on any atom is 0.352 e. The highest BCUT2D eigenvalue weighted by Crippen LogP contribution is 2.40. The summed E-state index contributed by atoms with van der Waals surface area (Å²) < 4.78 is 0. The van der Waals surface area contributed by atoms with E-state index in [-0.39, 0.29) is 28.8 Å². The number of carboxylic acid groups (broad SMARTS) is 1. The summed E-state index contributed by atoms with van der Waals surface area (Å²) in [7, 11) is 0. The standard InChI is InChI=1S/C15H16ClN3O4S2/c16-4-10(20)18-5-9-2-1-8(25-9)3-7-6-24-14-11(17)13(21)19(14)12(7)15(22)23/h1-2,11,14H,3-6,17H2,(H,18,20)(H,22,23)/t11-,14+/m1/s1. The van der Waals surface area contributed by atoms with Gasteiger partial charge in [-0.25, -0.2) is 4.79 Å². The van der Waals surface area contributed by atoms with Gasteiger partial charge in [-0.1, -0.05) is 0 Å². The van der Waals surface area contributed by atoms with Crippen molar-refractivity contribution in [3.8, 4) is 0 Å². The molecule has 2 aliphatic heterocycles. The smallest absolute Gasteiger partial charge is 0.352 e. The van der Waals surface area contributed by atoms with Crippen molar-refractivity contribution in [3.05, 3.63) is 33.2 Å². The van der Waals surface area contributed by atoms with Gasteiger partial charge >= 0.3 is 5.97 Å². The summed E-state index contributed by atoms with van der Waals surface area (Å²) >= 11 is 8.42. The molecule has 0 bridgehead atoms. The lowest BCUT2D eigenvalue weighted by Gasteiger charge is -2.48. The van der Waals surface area contributed by atoms with Crippen molar-refractivity contribution in [2.24, 2.45) is 5.73 Å². The highest BCUT2D eigenvalue weighted by molar-refractivity contribution is 8.00. The number of nitrogens with one attached hydrogen (secondary N) is 1. The summed E-state index contributed by atoms with van der Waals surface area (Å²) in [6.07, 6.45) is 0.453. The number of thiophene rings is 1. The average molecular weight is 402 g/mol. The Morgan fingerprint density at radius 2 is 2.12 bits per heavy atom. The number of nitrogens with two attached hydrogens (primary N) is 1. The van der Waals surface area contributed by atoms with Crippen LogP contribution < -0.4 is 11.1 Å². The molecule has 1 aromatic heterocycles. The average Bonchev–Trinajstić information content (AvgIpc) is 3.05. The molecule has 25 heavy (non-hydrogen) atoms. The minimum absolute atomic E-state index is 0.0563. The van der Waals surface area contributed by atoms with Gasteiger partial charge in [0.1, 0.15) is 23.0 Å². The zero-order valence-electron chi connectivity index (χ0n) is 13.0. The fourth-order valence-electron chi connectivity index (χ4n) is 2.77. The number of carbonyl (C=O) groups excluding carboxylic acids is 2. The first-order valence-electron chi connectivity index (χ1n) is 7.48. The predicted molar refractivity (Wildman–Crippen MR) is 96.3 cm³/mol. The van der Waals surface area contributed by atoms with Gasteiger partial charge in [0.25, 0.3) is 0 Å². The lowest BCUT2D eigenvalue weighted by atomic mass is 10.0. The molecule has 10 heteroatoms. The molecule has 0 aromatic carbocycles. The Kier molecular flexibility index (Phi) is 5.38. The van der Waals surface area contributed by atoms with E-state index >= 15 is 0 Å². The monoisotopic (exact) mass is 401 g/mol. The number of carboxylic acids is 1. The van der Waals surface area contributed by atoms with Crippen LogP contribution in [0.15, 0.2) is 23.4 Å². The first-order chi connectivity index (χ1) is 11.9. The van der Waals surface area contributed by atoms with E-state index in [1.807, 2.05) is 12.1 Å². The van der Waals surface area contributed by atoms with Crippen molar-refractivity contribution in [2.75, 3.05) is 11.6 Å². The molecule has 2 amide bonds. The summed E-state index contributed by atoms with van der Waals surface area (Å²) in [6.45, 7) is 0.386. The number of hydrogen-bond donors (Lipinski definition) is 3. The highest BCUT2D eigenvalue weighted by atomic mass is 35.5. The Morgan fingerprint density at radius 3 is 2.80 bits per heavy atom. The number of fused-ring (bicyclic) bond motifs is 1. The molecule has 0 radical (unpaired) electrons. The van der Waals surface area contributed by atoms with Crippen molar-refractivity contribution >= 4 is 52.5 Å². The van der Waals surface area contributed by atoms with Crippen LogP contribution in [0.4, 0.5) is 0 Å². The number of β-lactam (4-membered cyclic amide) rings is 1. The van der Waals surface area contributed by atoms with Crippen molar-refractivity contribution in [1.82, 2.24) is 10.2 Å². The third-order valence-electron chi connectivity index (χ3n) is 3.98. The first kappa shape index (κ1) is 18.2. The SMILES string of the molecule is N[C@@H]1C(=O)N2C(C(=O)O)=C(Cc3ccc(CNC(=O)CCl)s3)CS[C@@H]12. The summed E-state index contributed by atoms with van der Waals surface area (Å²) in [5.41, 5.74) is 6.50. The molecule has 0 aliphatic carbocycles. The van der Waals surface area contributed by atoms with Gasteiger partial charge in [-0.2, -0.15) is 0 Å². The molecule has 0 unspecified atom stereocenters. The van der Waals surface area contributed by atoms with Gasteiger partial charge in [0.2, 0.25) is 11.8 Å². The number of amides is 2. The van der Waals surface area contributed by atoms with Gasteiger partial charge in [0.15, 0.2) is 0 Å². The summed E-state index contributed by atoms with van der Waals surface area (Å²) in [5, 5.41) is 11.9. The van der Waals surface area contributed by atoms with Gasteiger partial charge in [0, 0.05) is 21.9 Å².